The van der Waals surface area contributed by atoms with E-state index in [4.69, 9.17) is 0 Å². The SMILES string of the molecule is O=C1N2CCNCC2CN1C12CCC(C(=O)O)(C1)C2. The minimum atomic E-state index is -0.674. The third-order valence-electron chi connectivity index (χ3n) is 5.65. The van der Waals surface area contributed by atoms with Crippen LogP contribution in [0.1, 0.15) is 25.7 Å². The Balaban J connectivity index is 1.56. The fourth-order valence-electron chi connectivity index (χ4n) is 4.63. The van der Waals surface area contributed by atoms with Crippen LogP contribution in [0.15, 0.2) is 0 Å². The number of hydrogen-bond donors (Lipinski definition) is 2. The molecule has 5 fully saturated rings. The molecule has 2 saturated heterocycles. The number of urea groups is 1. The molecule has 0 radical (unpaired) electrons. The molecule has 6 nitrogen and oxygen atoms in total. The van der Waals surface area contributed by atoms with Gasteiger partial charge in [-0.2, -0.15) is 0 Å². The lowest BCUT2D eigenvalue weighted by atomic mass is 9.64. The van der Waals surface area contributed by atoms with E-state index in [0.717, 1.165) is 39.0 Å². The molecular weight excluding hydrogens is 246 g/mol. The molecular formula is C13H19N3O3. The Hall–Kier alpha value is -1.30. The van der Waals surface area contributed by atoms with Crippen molar-refractivity contribution >= 4 is 12.0 Å². The van der Waals surface area contributed by atoms with E-state index in [1.54, 1.807) is 0 Å². The number of rotatable bonds is 2. The normalized spacial score (nSPS) is 44.2. The summed E-state index contributed by atoms with van der Waals surface area (Å²) in [7, 11) is 0. The zero-order valence-corrected chi connectivity index (χ0v) is 10.9. The molecule has 1 unspecified atom stereocenters. The number of carbonyl (C=O) groups is 2. The van der Waals surface area contributed by atoms with E-state index in [1.165, 1.54) is 0 Å². The zero-order valence-electron chi connectivity index (χ0n) is 10.9. The van der Waals surface area contributed by atoms with Crippen LogP contribution in [0.4, 0.5) is 4.79 Å². The average Bonchev–Trinajstić information content (AvgIpc) is 3.00. The maximum atomic E-state index is 12.5. The standard InChI is InChI=1S/C13H19N3O3/c17-10(18)12-1-2-13(7-12,8-12)16-6-9-5-14-3-4-15(9)11(16)19/h9,14H,1-8H2,(H,17,18). The lowest BCUT2D eigenvalue weighted by molar-refractivity contribution is -0.157. The average molecular weight is 265 g/mol. The summed E-state index contributed by atoms with van der Waals surface area (Å²) in [6.45, 7) is 3.27. The molecule has 104 valence electrons. The number of carboxylic acid groups (broad SMARTS) is 1. The molecule has 2 N–H and O–H groups in total. The van der Waals surface area contributed by atoms with E-state index in [9.17, 15) is 14.7 Å². The van der Waals surface area contributed by atoms with E-state index < -0.39 is 11.4 Å². The highest BCUT2D eigenvalue weighted by Crippen LogP contribution is 2.64. The topological polar surface area (TPSA) is 72.9 Å². The fraction of sp³-hybridized carbons (Fsp3) is 0.846. The number of carboxylic acids is 1. The van der Waals surface area contributed by atoms with Gasteiger partial charge in [-0.05, 0) is 25.7 Å². The van der Waals surface area contributed by atoms with Gasteiger partial charge in [0.05, 0.1) is 11.5 Å². The second-order valence-electron chi connectivity index (χ2n) is 6.61. The first kappa shape index (κ1) is 11.5. The van der Waals surface area contributed by atoms with Crippen LogP contribution in [0.3, 0.4) is 0 Å². The highest BCUT2D eigenvalue weighted by molar-refractivity contribution is 5.82. The van der Waals surface area contributed by atoms with Gasteiger partial charge in [0.2, 0.25) is 0 Å². The summed E-state index contributed by atoms with van der Waals surface area (Å²) in [5.41, 5.74) is -0.672. The lowest BCUT2D eigenvalue weighted by Gasteiger charge is -2.49. The number of amides is 2. The molecule has 0 aromatic rings. The molecule has 2 amide bonds. The van der Waals surface area contributed by atoms with Crippen LogP contribution in [0.2, 0.25) is 0 Å². The van der Waals surface area contributed by atoms with Crippen LogP contribution in [0, 0.1) is 5.41 Å². The first-order valence-electron chi connectivity index (χ1n) is 7.09. The van der Waals surface area contributed by atoms with Crippen LogP contribution in [0.5, 0.6) is 0 Å². The maximum Gasteiger partial charge on any atom is 0.320 e. The Morgan fingerprint density at radius 2 is 2.16 bits per heavy atom. The molecule has 3 saturated carbocycles. The van der Waals surface area contributed by atoms with Gasteiger partial charge in [0.25, 0.3) is 0 Å². The summed E-state index contributed by atoms with van der Waals surface area (Å²) in [6.07, 6.45) is 2.91. The largest absolute Gasteiger partial charge is 0.481 e. The van der Waals surface area contributed by atoms with Crippen LogP contribution in [-0.4, -0.2) is 64.7 Å². The highest BCUT2D eigenvalue weighted by Gasteiger charge is 2.69. The van der Waals surface area contributed by atoms with Crippen molar-refractivity contribution in [2.24, 2.45) is 5.41 Å². The second-order valence-corrected chi connectivity index (χ2v) is 6.61. The van der Waals surface area contributed by atoms with Crippen molar-refractivity contribution in [3.05, 3.63) is 0 Å². The van der Waals surface area contributed by atoms with Gasteiger partial charge in [-0.25, -0.2) is 4.79 Å². The molecule has 0 aromatic carbocycles. The first-order valence-corrected chi connectivity index (χ1v) is 7.09. The summed E-state index contributed by atoms with van der Waals surface area (Å²) in [5, 5.41) is 12.6. The molecule has 2 bridgehead atoms. The Labute approximate surface area is 111 Å². The van der Waals surface area contributed by atoms with E-state index in [1.807, 2.05) is 9.80 Å². The van der Waals surface area contributed by atoms with Crippen molar-refractivity contribution in [2.75, 3.05) is 26.2 Å². The minimum Gasteiger partial charge on any atom is -0.481 e. The van der Waals surface area contributed by atoms with Gasteiger partial charge in [0, 0.05) is 31.7 Å². The predicted molar refractivity (Wildman–Crippen MR) is 66.7 cm³/mol. The van der Waals surface area contributed by atoms with Crippen molar-refractivity contribution in [3.8, 4) is 0 Å². The van der Waals surface area contributed by atoms with Crippen LogP contribution in [0.25, 0.3) is 0 Å². The predicted octanol–water partition coefficient (Wildman–Crippen LogP) is 0.0932. The number of piperazine rings is 1. The third kappa shape index (κ3) is 1.30. The molecule has 1 atom stereocenters. The quantitative estimate of drug-likeness (QED) is 0.742. The van der Waals surface area contributed by atoms with Gasteiger partial charge >= 0.3 is 12.0 Å². The molecule has 0 spiro atoms. The third-order valence-corrected chi connectivity index (χ3v) is 5.65. The van der Waals surface area contributed by atoms with Gasteiger partial charge in [-0.1, -0.05) is 0 Å². The van der Waals surface area contributed by atoms with Crippen molar-refractivity contribution in [2.45, 2.75) is 37.3 Å². The number of nitrogens with one attached hydrogen (secondary N) is 1. The number of carbonyl (C=O) groups excluding carboxylic acids is 1. The summed E-state index contributed by atoms with van der Waals surface area (Å²) in [4.78, 5) is 27.8. The molecule has 6 heteroatoms. The molecule has 0 aromatic heterocycles. The second kappa shape index (κ2) is 3.42. The number of aliphatic carboxylic acids is 1. The monoisotopic (exact) mass is 265 g/mol. The Kier molecular flexibility index (Phi) is 2.07. The van der Waals surface area contributed by atoms with Crippen LogP contribution in [-0.2, 0) is 4.79 Å². The number of nitrogens with zero attached hydrogens (tertiary/aromatic N) is 2. The summed E-state index contributed by atoms with van der Waals surface area (Å²) < 4.78 is 0. The minimum absolute atomic E-state index is 0.132. The Morgan fingerprint density at radius 1 is 1.37 bits per heavy atom. The molecule has 2 heterocycles. The molecule has 19 heavy (non-hydrogen) atoms. The summed E-state index contributed by atoms with van der Waals surface area (Å²) >= 11 is 0. The van der Waals surface area contributed by atoms with Crippen LogP contribution >= 0.6 is 0 Å². The highest BCUT2D eigenvalue weighted by atomic mass is 16.4. The van der Waals surface area contributed by atoms with Crippen molar-refractivity contribution < 1.29 is 14.7 Å². The maximum absolute atomic E-state index is 12.5. The van der Waals surface area contributed by atoms with E-state index >= 15 is 0 Å². The van der Waals surface area contributed by atoms with E-state index in [2.05, 4.69) is 5.32 Å². The molecule has 2 aliphatic heterocycles. The zero-order chi connectivity index (χ0) is 13.3. The van der Waals surface area contributed by atoms with Crippen molar-refractivity contribution in [1.82, 2.24) is 15.1 Å². The van der Waals surface area contributed by atoms with Crippen molar-refractivity contribution in [3.63, 3.8) is 0 Å². The molecule has 5 aliphatic rings. The Bertz CT molecular complexity index is 458. The van der Waals surface area contributed by atoms with Crippen molar-refractivity contribution in [1.29, 1.82) is 0 Å². The summed E-state index contributed by atoms with van der Waals surface area (Å²) in [6, 6.07) is 0.406. The number of hydrogen-bond acceptors (Lipinski definition) is 3. The fourth-order valence-corrected chi connectivity index (χ4v) is 4.63. The van der Waals surface area contributed by atoms with Crippen LogP contribution < -0.4 is 5.32 Å². The summed E-state index contributed by atoms with van der Waals surface area (Å²) in [5.74, 6) is -0.674. The van der Waals surface area contributed by atoms with E-state index in [0.29, 0.717) is 12.8 Å². The van der Waals surface area contributed by atoms with Gasteiger partial charge in [-0.15, -0.1) is 0 Å². The first-order chi connectivity index (χ1) is 9.06. The van der Waals surface area contributed by atoms with Gasteiger partial charge in [0.1, 0.15) is 0 Å². The van der Waals surface area contributed by atoms with Gasteiger partial charge in [0.15, 0.2) is 0 Å². The van der Waals surface area contributed by atoms with Gasteiger partial charge < -0.3 is 20.2 Å². The Morgan fingerprint density at radius 3 is 2.79 bits per heavy atom. The molecule has 3 aliphatic carbocycles. The molecule has 5 rings (SSSR count). The van der Waals surface area contributed by atoms with Gasteiger partial charge in [-0.3, -0.25) is 4.79 Å². The van der Waals surface area contributed by atoms with E-state index in [-0.39, 0.29) is 17.6 Å². The number of fused-ring (bicyclic) bond motifs is 2. The lowest BCUT2D eigenvalue weighted by Crippen LogP contribution is -2.59. The smallest absolute Gasteiger partial charge is 0.320 e.